The summed E-state index contributed by atoms with van der Waals surface area (Å²) in [4.78, 5) is 4.15. The Morgan fingerprint density at radius 1 is 1.29 bits per heavy atom. The fraction of sp³-hybridized carbons (Fsp3) is 0.154. The number of rotatable bonds is 3. The molecular formula is C13H13BrN2O. The van der Waals surface area contributed by atoms with Gasteiger partial charge in [-0.2, -0.15) is 0 Å². The zero-order chi connectivity index (χ0) is 12.3. The fourth-order valence-electron chi connectivity index (χ4n) is 1.42. The van der Waals surface area contributed by atoms with E-state index in [1.54, 1.807) is 6.20 Å². The largest absolute Gasteiger partial charge is 0.439 e. The molecule has 0 aliphatic carbocycles. The van der Waals surface area contributed by atoms with E-state index < -0.39 is 0 Å². The Morgan fingerprint density at radius 3 is 2.82 bits per heavy atom. The molecule has 0 amide bonds. The Bertz CT molecular complexity index is 514. The zero-order valence-corrected chi connectivity index (χ0v) is 11.0. The Morgan fingerprint density at radius 2 is 2.12 bits per heavy atom. The van der Waals surface area contributed by atoms with Crippen molar-refractivity contribution in [1.82, 2.24) is 4.98 Å². The van der Waals surface area contributed by atoms with Gasteiger partial charge in [0.25, 0.3) is 0 Å². The molecule has 4 heteroatoms. The summed E-state index contributed by atoms with van der Waals surface area (Å²) < 4.78 is 6.62. The highest BCUT2D eigenvalue weighted by Gasteiger charge is 2.03. The number of nitrogens with zero attached hydrogens (tertiary/aromatic N) is 1. The maximum atomic E-state index is 5.81. The number of halogens is 1. The quantitative estimate of drug-likeness (QED) is 0.939. The van der Waals surface area contributed by atoms with Crippen molar-refractivity contribution in [1.29, 1.82) is 0 Å². The van der Waals surface area contributed by atoms with Crippen molar-refractivity contribution in [2.24, 2.45) is 5.73 Å². The standard InChI is InChI=1S/C13H13BrN2O/c1-9(15)10-5-6-16-13(7-10)17-12-4-2-3-11(14)8-12/h2-9H,15H2,1H3. The van der Waals surface area contributed by atoms with Gasteiger partial charge in [-0.15, -0.1) is 0 Å². The third-order valence-electron chi connectivity index (χ3n) is 2.30. The van der Waals surface area contributed by atoms with Crippen molar-refractivity contribution >= 4 is 15.9 Å². The summed E-state index contributed by atoms with van der Waals surface area (Å²) in [5.74, 6) is 1.30. The van der Waals surface area contributed by atoms with Gasteiger partial charge in [0.1, 0.15) is 5.75 Å². The predicted octanol–water partition coefficient (Wildman–Crippen LogP) is 3.66. The first kappa shape index (κ1) is 12.1. The molecule has 3 nitrogen and oxygen atoms in total. The minimum atomic E-state index is -0.0251. The number of hydrogen-bond acceptors (Lipinski definition) is 3. The highest BCUT2D eigenvalue weighted by atomic mass is 79.9. The Labute approximate surface area is 109 Å². The summed E-state index contributed by atoms with van der Waals surface area (Å²) in [5.41, 5.74) is 6.81. The van der Waals surface area contributed by atoms with E-state index in [2.05, 4.69) is 20.9 Å². The van der Waals surface area contributed by atoms with E-state index in [1.807, 2.05) is 43.3 Å². The minimum Gasteiger partial charge on any atom is -0.439 e. The predicted molar refractivity (Wildman–Crippen MR) is 71.1 cm³/mol. The van der Waals surface area contributed by atoms with Crippen molar-refractivity contribution in [3.8, 4) is 11.6 Å². The molecule has 2 rings (SSSR count). The molecule has 17 heavy (non-hydrogen) atoms. The van der Waals surface area contributed by atoms with Gasteiger partial charge in [0.05, 0.1) is 0 Å². The maximum Gasteiger partial charge on any atom is 0.219 e. The molecule has 1 unspecified atom stereocenters. The van der Waals surface area contributed by atoms with Gasteiger partial charge in [-0.25, -0.2) is 4.98 Å². The van der Waals surface area contributed by atoms with Gasteiger partial charge >= 0.3 is 0 Å². The second kappa shape index (κ2) is 5.29. The molecule has 2 N–H and O–H groups in total. The Hall–Kier alpha value is -1.39. The van der Waals surface area contributed by atoms with Crippen LogP contribution < -0.4 is 10.5 Å². The first-order valence-electron chi connectivity index (χ1n) is 5.30. The smallest absolute Gasteiger partial charge is 0.219 e. The first-order chi connectivity index (χ1) is 8.15. The molecule has 88 valence electrons. The van der Waals surface area contributed by atoms with Crippen molar-refractivity contribution in [2.45, 2.75) is 13.0 Å². The van der Waals surface area contributed by atoms with Gasteiger partial charge in [-0.05, 0) is 36.8 Å². The molecule has 0 fully saturated rings. The van der Waals surface area contributed by atoms with E-state index in [4.69, 9.17) is 10.5 Å². The summed E-state index contributed by atoms with van der Waals surface area (Å²) >= 11 is 3.39. The molecular weight excluding hydrogens is 280 g/mol. The Kier molecular flexibility index (Phi) is 3.76. The molecule has 1 aromatic heterocycles. The van der Waals surface area contributed by atoms with Gasteiger partial charge < -0.3 is 10.5 Å². The third-order valence-corrected chi connectivity index (χ3v) is 2.80. The van der Waals surface area contributed by atoms with E-state index in [9.17, 15) is 0 Å². The molecule has 0 aliphatic rings. The van der Waals surface area contributed by atoms with E-state index in [1.165, 1.54) is 0 Å². The molecule has 2 aromatic rings. The lowest BCUT2D eigenvalue weighted by atomic mass is 10.1. The van der Waals surface area contributed by atoms with Crippen molar-refractivity contribution < 1.29 is 4.74 Å². The summed E-state index contributed by atoms with van der Waals surface area (Å²) in [6.45, 7) is 1.93. The number of pyridine rings is 1. The van der Waals surface area contributed by atoms with Gasteiger partial charge in [0.2, 0.25) is 5.88 Å². The SMILES string of the molecule is CC(N)c1ccnc(Oc2cccc(Br)c2)c1. The van der Waals surface area contributed by atoms with Crippen LogP contribution in [0.5, 0.6) is 11.6 Å². The number of nitrogens with two attached hydrogens (primary N) is 1. The van der Waals surface area contributed by atoms with Crippen LogP contribution in [-0.4, -0.2) is 4.98 Å². The fourth-order valence-corrected chi connectivity index (χ4v) is 1.79. The van der Waals surface area contributed by atoms with Crippen LogP contribution in [0.2, 0.25) is 0 Å². The van der Waals surface area contributed by atoms with Crippen LogP contribution in [0.25, 0.3) is 0 Å². The number of aromatic nitrogens is 1. The summed E-state index contributed by atoms with van der Waals surface area (Å²) in [7, 11) is 0. The number of benzene rings is 1. The molecule has 0 radical (unpaired) electrons. The molecule has 0 bridgehead atoms. The van der Waals surface area contributed by atoms with E-state index in [-0.39, 0.29) is 6.04 Å². The van der Waals surface area contributed by atoms with E-state index in [0.29, 0.717) is 5.88 Å². The monoisotopic (exact) mass is 292 g/mol. The number of ether oxygens (including phenoxy) is 1. The summed E-state index contributed by atoms with van der Waals surface area (Å²) in [6, 6.07) is 11.3. The van der Waals surface area contributed by atoms with E-state index in [0.717, 1.165) is 15.8 Å². The van der Waals surface area contributed by atoms with Gasteiger partial charge in [0.15, 0.2) is 0 Å². The van der Waals surface area contributed by atoms with Crippen LogP contribution in [0.4, 0.5) is 0 Å². The normalized spacial score (nSPS) is 12.2. The first-order valence-corrected chi connectivity index (χ1v) is 6.09. The van der Waals surface area contributed by atoms with Crippen LogP contribution in [0.15, 0.2) is 47.1 Å². The Balaban J connectivity index is 2.21. The van der Waals surface area contributed by atoms with Crippen LogP contribution in [0, 0.1) is 0 Å². The number of hydrogen-bond donors (Lipinski definition) is 1. The molecule has 0 saturated heterocycles. The molecule has 1 heterocycles. The molecule has 0 saturated carbocycles. The van der Waals surface area contributed by atoms with Crippen LogP contribution >= 0.6 is 15.9 Å². The second-order valence-corrected chi connectivity index (χ2v) is 4.69. The lowest BCUT2D eigenvalue weighted by molar-refractivity contribution is 0.461. The highest BCUT2D eigenvalue weighted by Crippen LogP contribution is 2.24. The lowest BCUT2D eigenvalue weighted by Crippen LogP contribution is -2.05. The summed E-state index contributed by atoms with van der Waals surface area (Å²) in [6.07, 6.45) is 1.70. The zero-order valence-electron chi connectivity index (χ0n) is 9.43. The van der Waals surface area contributed by atoms with Crippen LogP contribution in [-0.2, 0) is 0 Å². The van der Waals surface area contributed by atoms with Crippen LogP contribution in [0.1, 0.15) is 18.5 Å². The summed E-state index contributed by atoms with van der Waals surface area (Å²) in [5, 5.41) is 0. The molecule has 1 atom stereocenters. The average molecular weight is 293 g/mol. The van der Waals surface area contributed by atoms with Gasteiger partial charge in [0, 0.05) is 22.8 Å². The second-order valence-electron chi connectivity index (χ2n) is 3.78. The minimum absolute atomic E-state index is 0.0251. The van der Waals surface area contributed by atoms with Crippen molar-refractivity contribution in [2.75, 3.05) is 0 Å². The van der Waals surface area contributed by atoms with Crippen molar-refractivity contribution in [3.63, 3.8) is 0 Å². The third kappa shape index (κ3) is 3.28. The van der Waals surface area contributed by atoms with Gasteiger partial charge in [-0.1, -0.05) is 22.0 Å². The maximum absolute atomic E-state index is 5.81. The molecule has 0 spiro atoms. The average Bonchev–Trinajstić information content (AvgIpc) is 2.29. The van der Waals surface area contributed by atoms with Crippen LogP contribution in [0.3, 0.4) is 0 Å². The molecule has 1 aromatic carbocycles. The topological polar surface area (TPSA) is 48.1 Å². The molecule has 0 aliphatic heterocycles. The van der Waals surface area contributed by atoms with Crippen molar-refractivity contribution in [3.05, 3.63) is 52.6 Å². The van der Waals surface area contributed by atoms with Gasteiger partial charge in [-0.3, -0.25) is 0 Å². The van der Waals surface area contributed by atoms with E-state index >= 15 is 0 Å². The highest BCUT2D eigenvalue weighted by molar-refractivity contribution is 9.10. The lowest BCUT2D eigenvalue weighted by Gasteiger charge is -2.08.